The van der Waals surface area contributed by atoms with Gasteiger partial charge in [0.25, 0.3) is 0 Å². The number of nitrogens with zero attached hydrogens (tertiary/aromatic N) is 1. The fourth-order valence-corrected chi connectivity index (χ4v) is 9.28. The van der Waals surface area contributed by atoms with E-state index < -0.39 is 5.41 Å². The highest BCUT2D eigenvalue weighted by Crippen LogP contribution is 2.63. The second kappa shape index (κ2) is 13.3. The molecule has 0 saturated carbocycles. The van der Waals surface area contributed by atoms with Crippen molar-refractivity contribution < 1.29 is 4.74 Å². The van der Waals surface area contributed by atoms with Crippen molar-refractivity contribution >= 4 is 11.3 Å². The first-order chi connectivity index (χ1) is 25.5. The number of ether oxygens (including phenoxy) is 1. The Bertz CT molecular complexity index is 2220. The Morgan fingerprint density at radius 1 is 0.827 bits per heavy atom. The third-order valence-electron chi connectivity index (χ3n) is 12.1. The summed E-state index contributed by atoms with van der Waals surface area (Å²) in [6, 6.07) is 39.7. The van der Waals surface area contributed by atoms with Gasteiger partial charge in [0.2, 0.25) is 0 Å². The molecule has 0 amide bonds. The van der Waals surface area contributed by atoms with Crippen LogP contribution in [0, 0.1) is 17.3 Å². The molecular formula is C49H46N2O. The highest BCUT2D eigenvalue weighted by atomic mass is 16.5. The Morgan fingerprint density at radius 2 is 1.62 bits per heavy atom. The maximum atomic E-state index is 6.75. The fourth-order valence-electron chi connectivity index (χ4n) is 9.28. The molecule has 3 heteroatoms. The quantitative estimate of drug-likeness (QED) is 0.220. The summed E-state index contributed by atoms with van der Waals surface area (Å²) in [4.78, 5) is 5.52. The van der Waals surface area contributed by atoms with E-state index in [0.717, 1.165) is 42.9 Å². The fraction of sp³-hybridized carbons (Fsp3) is 0.245. The molecule has 5 atom stereocenters. The molecule has 0 spiro atoms. The van der Waals surface area contributed by atoms with Gasteiger partial charge in [-0.1, -0.05) is 153 Å². The molecule has 4 aromatic rings. The molecule has 2 aliphatic heterocycles. The number of hydrogen-bond acceptors (Lipinski definition) is 3. The van der Waals surface area contributed by atoms with Crippen LogP contribution in [0.3, 0.4) is 0 Å². The molecule has 0 saturated heterocycles. The van der Waals surface area contributed by atoms with Crippen LogP contribution in [-0.4, -0.2) is 5.71 Å². The van der Waals surface area contributed by atoms with Crippen LogP contribution in [0.5, 0.6) is 5.75 Å². The highest BCUT2D eigenvalue weighted by molar-refractivity contribution is 6.09. The molecule has 5 aliphatic rings. The first-order valence-electron chi connectivity index (χ1n) is 19.0. The van der Waals surface area contributed by atoms with E-state index in [9.17, 15) is 0 Å². The zero-order valence-electron chi connectivity index (χ0n) is 30.1. The van der Waals surface area contributed by atoms with Gasteiger partial charge in [-0.15, -0.1) is 0 Å². The minimum absolute atomic E-state index is 0.216. The summed E-state index contributed by atoms with van der Waals surface area (Å²) >= 11 is 0. The van der Waals surface area contributed by atoms with E-state index in [1.807, 2.05) is 0 Å². The van der Waals surface area contributed by atoms with Crippen LogP contribution < -0.4 is 10.1 Å². The van der Waals surface area contributed by atoms with Gasteiger partial charge in [-0.25, -0.2) is 0 Å². The molecule has 3 aliphatic carbocycles. The predicted molar refractivity (Wildman–Crippen MR) is 214 cm³/mol. The summed E-state index contributed by atoms with van der Waals surface area (Å²) in [5.74, 6) is 2.88. The summed E-state index contributed by atoms with van der Waals surface area (Å²) in [6.45, 7) is 4.75. The lowest BCUT2D eigenvalue weighted by atomic mass is 9.50. The van der Waals surface area contributed by atoms with Gasteiger partial charge in [-0.2, -0.15) is 0 Å². The Labute approximate surface area is 308 Å². The SMILES string of the molecule is CC1CC=C(C2=NC(c3cccc(C4(c5ccccc5)c5ccccc5OC5=CC=CCC54C)c3)NC(C3C=C(c4ccccc4)C=CC3)=C2)CC1. The van der Waals surface area contributed by atoms with Crippen LogP contribution in [-0.2, 0) is 5.41 Å². The number of benzene rings is 4. The number of nitrogens with one attached hydrogen (secondary N) is 1. The van der Waals surface area contributed by atoms with E-state index in [-0.39, 0.29) is 17.5 Å². The lowest BCUT2D eigenvalue weighted by Crippen LogP contribution is -2.51. The van der Waals surface area contributed by atoms with Crippen LogP contribution >= 0.6 is 0 Å². The van der Waals surface area contributed by atoms with Crippen molar-refractivity contribution in [1.29, 1.82) is 0 Å². The zero-order valence-corrected chi connectivity index (χ0v) is 30.1. The van der Waals surface area contributed by atoms with Crippen molar-refractivity contribution in [2.24, 2.45) is 22.2 Å². The van der Waals surface area contributed by atoms with Gasteiger partial charge in [-0.3, -0.25) is 4.99 Å². The minimum Gasteiger partial charge on any atom is -0.461 e. The summed E-state index contributed by atoms with van der Waals surface area (Å²) in [5, 5.41) is 3.98. The Kier molecular flexibility index (Phi) is 8.30. The number of fused-ring (bicyclic) bond motifs is 2. The standard InChI is InChI=1S/C49H46N2O/c1-34-26-28-36(29-27-34)43-33-44(38-18-13-17-37(31-38)35-15-5-3-6-16-35)51-47(50-43)39-19-14-22-41(32-39)49(40-20-7-4-8-21-40)42-23-9-10-24-45(42)52-46-25-11-12-30-48(46,49)2/h3-17,19-25,28,31-34,38,47,51H,18,26-27,29-30H2,1-2H3. The monoisotopic (exact) mass is 678 g/mol. The first kappa shape index (κ1) is 32.5. The second-order valence-corrected chi connectivity index (χ2v) is 15.3. The number of para-hydroxylation sites is 1. The first-order valence-corrected chi connectivity index (χ1v) is 19.0. The number of hydrogen-bond donors (Lipinski definition) is 1. The van der Waals surface area contributed by atoms with E-state index in [1.165, 1.54) is 51.1 Å². The van der Waals surface area contributed by atoms with Crippen LogP contribution in [0.2, 0.25) is 0 Å². The Hall–Kier alpha value is -5.41. The van der Waals surface area contributed by atoms with Gasteiger partial charge in [-0.05, 0) is 89.6 Å². The molecule has 2 heterocycles. The molecule has 0 aromatic heterocycles. The third kappa shape index (κ3) is 5.46. The molecule has 258 valence electrons. The molecule has 0 fully saturated rings. The number of rotatable bonds is 6. The topological polar surface area (TPSA) is 33.6 Å². The van der Waals surface area contributed by atoms with Gasteiger partial charge in [0.05, 0.1) is 11.1 Å². The lowest BCUT2D eigenvalue weighted by molar-refractivity contribution is 0.150. The van der Waals surface area contributed by atoms with Gasteiger partial charge >= 0.3 is 0 Å². The molecular weight excluding hydrogens is 633 g/mol. The summed E-state index contributed by atoms with van der Waals surface area (Å²) < 4.78 is 6.75. The molecule has 0 bridgehead atoms. The largest absolute Gasteiger partial charge is 0.461 e. The average Bonchev–Trinajstić information content (AvgIpc) is 3.21. The summed E-state index contributed by atoms with van der Waals surface area (Å²) in [7, 11) is 0. The van der Waals surface area contributed by atoms with Crippen molar-refractivity contribution in [3.05, 3.63) is 203 Å². The van der Waals surface area contributed by atoms with E-state index in [2.05, 4.69) is 177 Å². The molecule has 9 rings (SSSR count). The van der Waals surface area contributed by atoms with Crippen molar-refractivity contribution in [3.8, 4) is 5.75 Å². The normalized spacial score (nSPS) is 27.7. The van der Waals surface area contributed by atoms with E-state index in [1.54, 1.807) is 0 Å². The van der Waals surface area contributed by atoms with Gasteiger partial charge in [0.1, 0.15) is 17.7 Å². The Balaban J connectivity index is 1.18. The maximum Gasteiger partial charge on any atom is 0.145 e. The van der Waals surface area contributed by atoms with Crippen LogP contribution in [0.15, 0.2) is 180 Å². The minimum atomic E-state index is -0.501. The predicted octanol–water partition coefficient (Wildman–Crippen LogP) is 11.6. The zero-order chi connectivity index (χ0) is 35.1. The molecule has 4 aromatic carbocycles. The van der Waals surface area contributed by atoms with Crippen molar-refractivity contribution in [2.45, 2.75) is 57.5 Å². The van der Waals surface area contributed by atoms with Crippen LogP contribution in [0.1, 0.15) is 79.9 Å². The summed E-state index contributed by atoms with van der Waals surface area (Å²) in [6.07, 6.45) is 23.4. The van der Waals surface area contributed by atoms with Gasteiger partial charge in [0, 0.05) is 22.6 Å². The number of aliphatic imine (C=N–C) groups is 1. The molecule has 0 radical (unpaired) electrons. The van der Waals surface area contributed by atoms with Crippen molar-refractivity contribution in [1.82, 2.24) is 5.32 Å². The maximum absolute atomic E-state index is 6.75. The second-order valence-electron chi connectivity index (χ2n) is 15.3. The van der Waals surface area contributed by atoms with E-state index in [4.69, 9.17) is 9.73 Å². The number of allylic oxidation sites excluding steroid dienone is 11. The average molecular weight is 679 g/mol. The Morgan fingerprint density at radius 3 is 2.44 bits per heavy atom. The van der Waals surface area contributed by atoms with E-state index >= 15 is 0 Å². The molecule has 5 unspecified atom stereocenters. The van der Waals surface area contributed by atoms with Crippen LogP contribution in [0.4, 0.5) is 0 Å². The lowest BCUT2D eigenvalue weighted by Gasteiger charge is -2.54. The third-order valence-corrected chi connectivity index (χ3v) is 12.1. The molecule has 3 nitrogen and oxygen atoms in total. The van der Waals surface area contributed by atoms with Crippen LogP contribution in [0.25, 0.3) is 5.57 Å². The van der Waals surface area contributed by atoms with Gasteiger partial charge in [0.15, 0.2) is 0 Å². The smallest absolute Gasteiger partial charge is 0.145 e. The van der Waals surface area contributed by atoms with Crippen molar-refractivity contribution in [3.63, 3.8) is 0 Å². The van der Waals surface area contributed by atoms with Crippen molar-refractivity contribution in [2.75, 3.05) is 0 Å². The molecule has 1 N–H and O–H groups in total. The molecule has 52 heavy (non-hydrogen) atoms. The van der Waals surface area contributed by atoms with E-state index in [0.29, 0.717) is 5.92 Å². The van der Waals surface area contributed by atoms with Gasteiger partial charge < -0.3 is 10.1 Å². The highest BCUT2D eigenvalue weighted by Gasteiger charge is 2.58. The summed E-state index contributed by atoms with van der Waals surface area (Å²) in [5.41, 5.74) is 10.3.